The van der Waals surface area contributed by atoms with Gasteiger partial charge in [0.1, 0.15) is 12.4 Å². The van der Waals surface area contributed by atoms with Crippen LogP contribution in [0.15, 0.2) is 48.5 Å². The lowest BCUT2D eigenvalue weighted by Gasteiger charge is -2.10. The fourth-order valence-electron chi connectivity index (χ4n) is 2.88. The van der Waals surface area contributed by atoms with E-state index < -0.39 is 21.7 Å². The van der Waals surface area contributed by atoms with Crippen molar-refractivity contribution < 1.29 is 27.5 Å². The second kappa shape index (κ2) is 8.43. The van der Waals surface area contributed by atoms with Gasteiger partial charge in [-0.15, -0.1) is 0 Å². The van der Waals surface area contributed by atoms with Crippen molar-refractivity contribution in [2.24, 2.45) is 5.92 Å². The fourth-order valence-corrected chi connectivity index (χ4v) is 4.61. The number of esters is 1. The molecule has 3 rings (SSSR count). The van der Waals surface area contributed by atoms with E-state index in [0.29, 0.717) is 23.4 Å². The van der Waals surface area contributed by atoms with Crippen molar-refractivity contribution in [1.82, 2.24) is 0 Å². The number of carbonyl (C=O) groups excluding carboxylic acids is 2. The van der Waals surface area contributed by atoms with E-state index in [9.17, 15) is 18.0 Å². The van der Waals surface area contributed by atoms with Gasteiger partial charge >= 0.3 is 5.97 Å². The maximum Gasteiger partial charge on any atom is 0.310 e. The van der Waals surface area contributed by atoms with Crippen molar-refractivity contribution in [3.63, 3.8) is 0 Å². The minimum atomic E-state index is -3.12. The van der Waals surface area contributed by atoms with Crippen LogP contribution < -0.4 is 10.1 Å². The largest absolute Gasteiger partial charge is 0.497 e. The van der Waals surface area contributed by atoms with E-state index >= 15 is 0 Å². The molecule has 1 saturated heterocycles. The van der Waals surface area contributed by atoms with Crippen LogP contribution in [0, 0.1) is 5.92 Å². The summed E-state index contributed by atoms with van der Waals surface area (Å²) < 4.78 is 33.1. The molecule has 7 nitrogen and oxygen atoms in total. The van der Waals surface area contributed by atoms with Gasteiger partial charge in [-0.1, -0.05) is 12.1 Å². The number of anilines is 1. The molecule has 1 amide bonds. The lowest BCUT2D eigenvalue weighted by molar-refractivity contribution is -0.149. The highest BCUT2D eigenvalue weighted by molar-refractivity contribution is 7.91. The Balaban J connectivity index is 1.52. The van der Waals surface area contributed by atoms with E-state index in [-0.39, 0.29) is 24.0 Å². The summed E-state index contributed by atoms with van der Waals surface area (Å²) in [6, 6.07) is 13.7. The van der Waals surface area contributed by atoms with Gasteiger partial charge in [0.05, 0.1) is 24.5 Å². The van der Waals surface area contributed by atoms with Gasteiger partial charge in [-0.05, 0) is 48.4 Å². The van der Waals surface area contributed by atoms with Crippen molar-refractivity contribution in [2.75, 3.05) is 23.9 Å². The summed E-state index contributed by atoms with van der Waals surface area (Å²) in [5.74, 6) is -0.750. The molecule has 1 fully saturated rings. The molecule has 8 heteroatoms. The quantitative estimate of drug-likeness (QED) is 0.744. The molecule has 28 heavy (non-hydrogen) atoms. The Morgan fingerprint density at radius 1 is 1.07 bits per heavy atom. The maximum absolute atomic E-state index is 12.3. The zero-order valence-electron chi connectivity index (χ0n) is 15.4. The molecule has 0 unspecified atom stereocenters. The molecule has 0 aromatic heterocycles. The van der Waals surface area contributed by atoms with E-state index in [1.807, 2.05) is 0 Å². The van der Waals surface area contributed by atoms with Crippen LogP contribution in [0.3, 0.4) is 0 Å². The number of hydrogen-bond acceptors (Lipinski definition) is 6. The Hall–Kier alpha value is -2.87. The van der Waals surface area contributed by atoms with Crippen LogP contribution >= 0.6 is 0 Å². The molecular weight excluding hydrogens is 382 g/mol. The van der Waals surface area contributed by atoms with E-state index in [0.717, 1.165) is 5.56 Å². The summed E-state index contributed by atoms with van der Waals surface area (Å²) in [5.41, 5.74) is 1.83. The van der Waals surface area contributed by atoms with Crippen LogP contribution in [0.4, 0.5) is 5.69 Å². The number of hydrogen-bond donors (Lipinski definition) is 1. The topological polar surface area (TPSA) is 98.8 Å². The third-order valence-electron chi connectivity index (χ3n) is 4.51. The van der Waals surface area contributed by atoms with Gasteiger partial charge in [-0.25, -0.2) is 8.42 Å². The molecule has 1 aliphatic rings. The van der Waals surface area contributed by atoms with Gasteiger partial charge < -0.3 is 14.8 Å². The summed E-state index contributed by atoms with van der Waals surface area (Å²) >= 11 is 0. The second-order valence-electron chi connectivity index (χ2n) is 6.59. The average Bonchev–Trinajstić information content (AvgIpc) is 3.07. The highest BCUT2D eigenvalue weighted by Gasteiger charge is 2.34. The van der Waals surface area contributed by atoms with Crippen LogP contribution in [0.1, 0.15) is 22.3 Å². The number of methoxy groups -OCH3 is 1. The van der Waals surface area contributed by atoms with Crippen molar-refractivity contribution in [3.05, 3.63) is 59.7 Å². The molecule has 1 N–H and O–H groups in total. The van der Waals surface area contributed by atoms with Crippen molar-refractivity contribution in [1.29, 1.82) is 0 Å². The number of ether oxygens (including phenoxy) is 2. The minimum Gasteiger partial charge on any atom is -0.497 e. The lowest BCUT2D eigenvalue weighted by atomic mass is 10.1. The molecule has 148 valence electrons. The summed E-state index contributed by atoms with van der Waals surface area (Å²) in [6.45, 7) is 0.0375. The minimum absolute atomic E-state index is 0.0325. The molecule has 0 aliphatic carbocycles. The first-order chi connectivity index (χ1) is 13.4. The van der Waals surface area contributed by atoms with Crippen LogP contribution in [0.2, 0.25) is 0 Å². The van der Waals surface area contributed by atoms with E-state index in [2.05, 4.69) is 5.32 Å². The highest BCUT2D eigenvalue weighted by atomic mass is 32.2. The van der Waals surface area contributed by atoms with Gasteiger partial charge in [-0.3, -0.25) is 9.59 Å². The van der Waals surface area contributed by atoms with E-state index in [4.69, 9.17) is 9.47 Å². The Kier molecular flexibility index (Phi) is 5.99. The monoisotopic (exact) mass is 403 g/mol. The van der Waals surface area contributed by atoms with E-state index in [1.54, 1.807) is 55.6 Å². The van der Waals surface area contributed by atoms with Crippen LogP contribution in [-0.4, -0.2) is 38.9 Å². The number of carbonyl (C=O) groups is 2. The first-order valence-electron chi connectivity index (χ1n) is 8.78. The average molecular weight is 403 g/mol. The summed E-state index contributed by atoms with van der Waals surface area (Å²) in [7, 11) is -1.55. The van der Waals surface area contributed by atoms with Crippen LogP contribution in [0.25, 0.3) is 0 Å². The number of sulfone groups is 1. The zero-order valence-corrected chi connectivity index (χ0v) is 16.2. The smallest absolute Gasteiger partial charge is 0.310 e. The van der Waals surface area contributed by atoms with Crippen LogP contribution in [-0.2, 0) is 26.0 Å². The fraction of sp³-hybridized carbons (Fsp3) is 0.300. The molecule has 2 aromatic carbocycles. The van der Waals surface area contributed by atoms with Gasteiger partial charge in [0.25, 0.3) is 5.91 Å². The Bertz CT molecular complexity index is 951. The normalized spacial score (nSPS) is 17.7. The Labute approximate surface area is 163 Å². The molecule has 2 aromatic rings. The van der Waals surface area contributed by atoms with Gasteiger partial charge in [0.15, 0.2) is 9.84 Å². The lowest BCUT2D eigenvalue weighted by Crippen LogP contribution is -2.18. The third-order valence-corrected chi connectivity index (χ3v) is 6.28. The predicted molar refractivity (Wildman–Crippen MR) is 104 cm³/mol. The molecule has 1 heterocycles. The molecular formula is C20H21NO6S. The Morgan fingerprint density at radius 3 is 2.32 bits per heavy atom. The Morgan fingerprint density at radius 2 is 1.75 bits per heavy atom. The SMILES string of the molecule is COc1ccc(NC(=O)c2ccc(COC(=O)[C@H]3CCS(=O)(=O)C3)cc2)cc1. The second-order valence-corrected chi connectivity index (χ2v) is 8.82. The molecule has 0 bridgehead atoms. The number of benzene rings is 2. The molecule has 1 atom stereocenters. The van der Waals surface area contributed by atoms with Crippen molar-refractivity contribution in [3.8, 4) is 5.75 Å². The molecule has 0 spiro atoms. The first-order valence-corrected chi connectivity index (χ1v) is 10.6. The number of rotatable bonds is 6. The number of amides is 1. The number of nitrogens with one attached hydrogen (secondary N) is 1. The third kappa shape index (κ3) is 5.10. The van der Waals surface area contributed by atoms with Gasteiger partial charge in [-0.2, -0.15) is 0 Å². The van der Waals surface area contributed by atoms with Crippen molar-refractivity contribution in [2.45, 2.75) is 13.0 Å². The maximum atomic E-state index is 12.3. The van der Waals surface area contributed by atoms with Crippen LogP contribution in [0.5, 0.6) is 5.75 Å². The molecule has 1 aliphatic heterocycles. The van der Waals surface area contributed by atoms with E-state index in [1.165, 1.54) is 0 Å². The highest BCUT2D eigenvalue weighted by Crippen LogP contribution is 2.20. The van der Waals surface area contributed by atoms with Gasteiger partial charge in [0.2, 0.25) is 0 Å². The predicted octanol–water partition coefficient (Wildman–Crippen LogP) is 2.43. The van der Waals surface area contributed by atoms with Gasteiger partial charge in [0, 0.05) is 11.3 Å². The summed E-state index contributed by atoms with van der Waals surface area (Å²) in [5, 5.41) is 2.79. The zero-order chi connectivity index (χ0) is 20.1. The summed E-state index contributed by atoms with van der Waals surface area (Å²) in [4.78, 5) is 24.3. The molecule has 0 radical (unpaired) electrons. The molecule has 0 saturated carbocycles. The standard InChI is InChI=1S/C20H21NO6S/c1-26-18-8-6-17(7-9-18)21-19(22)15-4-2-14(3-5-15)12-27-20(23)16-10-11-28(24,25)13-16/h2-9,16H,10-13H2,1H3,(H,21,22)/t16-/m0/s1. The first kappa shape index (κ1) is 19.9. The van der Waals surface area contributed by atoms with Crippen molar-refractivity contribution >= 4 is 27.4 Å². The summed E-state index contributed by atoms with van der Waals surface area (Å²) in [6.07, 6.45) is 0.311.